The molecule has 154 valence electrons. The number of benzene rings is 1. The second-order valence-corrected chi connectivity index (χ2v) is 7.50. The molecule has 0 saturated carbocycles. The van der Waals surface area contributed by atoms with Crippen LogP contribution in [0.25, 0.3) is 11.6 Å². The van der Waals surface area contributed by atoms with Crippen molar-refractivity contribution in [1.29, 1.82) is 5.26 Å². The number of nitriles is 1. The molecule has 0 radical (unpaired) electrons. The minimum atomic E-state index is -0.123. The van der Waals surface area contributed by atoms with Crippen LogP contribution in [0.2, 0.25) is 10.0 Å². The summed E-state index contributed by atoms with van der Waals surface area (Å²) in [5, 5.41) is 13.3. The van der Waals surface area contributed by atoms with Crippen molar-refractivity contribution in [3.8, 4) is 6.07 Å². The third-order valence-electron chi connectivity index (χ3n) is 4.96. The van der Waals surface area contributed by atoms with E-state index >= 15 is 0 Å². The average molecular weight is 433 g/mol. The van der Waals surface area contributed by atoms with Crippen LogP contribution in [0, 0.1) is 25.2 Å². The minimum Gasteiger partial charge on any atom is -0.358 e. The number of amides is 1. The number of rotatable bonds is 8. The number of nitrogens with one attached hydrogen (secondary N) is 2. The predicted molar refractivity (Wildman–Crippen MR) is 120 cm³/mol. The smallest absolute Gasteiger partial charge is 0.253 e. The Morgan fingerprint density at radius 2 is 1.97 bits per heavy atom. The lowest BCUT2D eigenvalue weighted by atomic mass is 10.0. The number of hydrogen-bond acceptors (Lipinski definition) is 3. The maximum atomic E-state index is 12.7. The summed E-state index contributed by atoms with van der Waals surface area (Å²) in [7, 11) is 0. The summed E-state index contributed by atoms with van der Waals surface area (Å²) < 4.78 is 0. The Labute approximate surface area is 182 Å². The molecule has 0 bridgehead atoms. The molecule has 1 amide bonds. The van der Waals surface area contributed by atoms with Gasteiger partial charge >= 0.3 is 0 Å². The van der Waals surface area contributed by atoms with Gasteiger partial charge in [0, 0.05) is 30.0 Å². The molecule has 1 heterocycles. The number of halogens is 2. The molecule has 0 spiro atoms. The number of carbonyl (C=O) groups excluding carboxylic acids is 1. The first-order valence-corrected chi connectivity index (χ1v) is 10.3. The minimum absolute atomic E-state index is 0.123. The number of nitrogens with zero attached hydrogens (tertiary/aromatic N) is 2. The van der Waals surface area contributed by atoms with E-state index in [1.807, 2.05) is 13.8 Å². The molecule has 1 aromatic heterocycles. The molecule has 0 fully saturated rings. The molecule has 0 unspecified atom stereocenters. The molecular weight excluding hydrogens is 407 g/mol. The lowest BCUT2D eigenvalue weighted by molar-refractivity contribution is 0.0948. The molecule has 29 heavy (non-hydrogen) atoms. The highest BCUT2D eigenvalue weighted by molar-refractivity contribution is 6.43. The second kappa shape index (κ2) is 10.5. The Hall–Kier alpha value is -2.26. The maximum absolute atomic E-state index is 12.7. The number of H-pyrrole nitrogens is 1. The molecule has 7 heteroatoms. The van der Waals surface area contributed by atoms with E-state index in [4.69, 9.17) is 23.2 Å². The molecule has 5 nitrogen and oxygen atoms in total. The van der Waals surface area contributed by atoms with Crippen LogP contribution in [0.4, 0.5) is 0 Å². The summed E-state index contributed by atoms with van der Waals surface area (Å²) >= 11 is 12.3. The van der Waals surface area contributed by atoms with Gasteiger partial charge in [-0.25, -0.2) is 0 Å². The monoisotopic (exact) mass is 432 g/mol. The van der Waals surface area contributed by atoms with Crippen LogP contribution in [0.1, 0.15) is 46.7 Å². The zero-order valence-corrected chi connectivity index (χ0v) is 18.7. The Kier molecular flexibility index (Phi) is 8.33. The summed E-state index contributed by atoms with van der Waals surface area (Å²) in [6.45, 7) is 11.2. The van der Waals surface area contributed by atoms with E-state index in [1.165, 1.54) is 0 Å². The first-order chi connectivity index (χ1) is 13.8. The zero-order chi connectivity index (χ0) is 21.6. The summed E-state index contributed by atoms with van der Waals surface area (Å²) in [4.78, 5) is 18.2. The van der Waals surface area contributed by atoms with Gasteiger partial charge in [0.1, 0.15) is 0 Å². The third kappa shape index (κ3) is 5.42. The third-order valence-corrected chi connectivity index (χ3v) is 5.78. The van der Waals surface area contributed by atoms with E-state index in [-0.39, 0.29) is 5.91 Å². The van der Waals surface area contributed by atoms with E-state index in [0.29, 0.717) is 39.0 Å². The van der Waals surface area contributed by atoms with E-state index in [1.54, 1.807) is 24.3 Å². The number of allylic oxidation sites excluding steroid dienone is 1. The van der Waals surface area contributed by atoms with Gasteiger partial charge in [0.15, 0.2) is 0 Å². The Bertz CT molecular complexity index is 952. The van der Waals surface area contributed by atoms with Crippen LogP contribution in [0.15, 0.2) is 18.2 Å². The number of likely N-dealkylation sites (N-methyl/N-ethyl adjacent to an activating group) is 1. The molecule has 0 atom stereocenters. The van der Waals surface area contributed by atoms with Gasteiger partial charge in [-0.2, -0.15) is 5.26 Å². The molecule has 0 aliphatic rings. The van der Waals surface area contributed by atoms with Crippen molar-refractivity contribution in [2.24, 2.45) is 0 Å². The van der Waals surface area contributed by atoms with Crippen molar-refractivity contribution in [2.75, 3.05) is 26.2 Å². The van der Waals surface area contributed by atoms with Crippen molar-refractivity contribution in [1.82, 2.24) is 15.2 Å². The lowest BCUT2D eigenvalue weighted by Gasteiger charge is -2.18. The Morgan fingerprint density at radius 1 is 1.28 bits per heavy atom. The standard InChI is InChI=1S/C22H26Cl2N4O/c1-5-28(6-2)11-10-26-22(29)20-14(3)19(27-15(20)4)12-16(13-25)17-8-7-9-18(23)21(17)24/h7-9,12,27H,5-6,10-11H2,1-4H3,(H,26,29)/b16-12+. The van der Waals surface area contributed by atoms with Gasteiger partial charge in [-0.15, -0.1) is 0 Å². The molecule has 1 aromatic carbocycles. The summed E-state index contributed by atoms with van der Waals surface area (Å²) in [5.41, 5.74) is 3.76. The highest BCUT2D eigenvalue weighted by atomic mass is 35.5. The van der Waals surface area contributed by atoms with Gasteiger partial charge in [-0.1, -0.05) is 49.2 Å². The van der Waals surface area contributed by atoms with Crippen LogP contribution in [-0.4, -0.2) is 42.0 Å². The van der Waals surface area contributed by atoms with Crippen LogP contribution < -0.4 is 5.32 Å². The molecule has 2 N–H and O–H groups in total. The highest BCUT2D eigenvalue weighted by Gasteiger charge is 2.18. The first-order valence-electron chi connectivity index (χ1n) is 9.59. The lowest BCUT2D eigenvalue weighted by Crippen LogP contribution is -2.35. The number of carbonyl (C=O) groups is 1. The largest absolute Gasteiger partial charge is 0.358 e. The second-order valence-electron chi connectivity index (χ2n) is 6.72. The van der Waals surface area contributed by atoms with Crippen molar-refractivity contribution >= 4 is 40.8 Å². The molecule has 2 aromatic rings. The number of hydrogen-bond donors (Lipinski definition) is 2. The van der Waals surface area contributed by atoms with Crippen LogP contribution in [0.5, 0.6) is 0 Å². The van der Waals surface area contributed by atoms with E-state index in [2.05, 4.69) is 35.1 Å². The average Bonchev–Trinajstić information content (AvgIpc) is 2.98. The fraction of sp³-hybridized carbons (Fsp3) is 0.364. The van der Waals surface area contributed by atoms with Crippen LogP contribution in [0.3, 0.4) is 0 Å². The first kappa shape index (κ1) is 23.0. The van der Waals surface area contributed by atoms with Gasteiger partial charge in [0.05, 0.1) is 27.3 Å². The molecule has 0 saturated heterocycles. The van der Waals surface area contributed by atoms with Crippen molar-refractivity contribution in [2.45, 2.75) is 27.7 Å². The fourth-order valence-electron chi connectivity index (χ4n) is 3.24. The topological polar surface area (TPSA) is 71.9 Å². The van der Waals surface area contributed by atoms with Gasteiger partial charge in [0.2, 0.25) is 0 Å². The van der Waals surface area contributed by atoms with Crippen molar-refractivity contribution < 1.29 is 4.79 Å². The van der Waals surface area contributed by atoms with Crippen LogP contribution in [-0.2, 0) is 0 Å². The van der Waals surface area contributed by atoms with Crippen LogP contribution >= 0.6 is 23.2 Å². The molecular formula is C22H26Cl2N4O. The predicted octanol–water partition coefficient (Wildman–Crippen LogP) is 5.07. The summed E-state index contributed by atoms with van der Waals surface area (Å²) in [6.07, 6.45) is 1.70. The van der Waals surface area contributed by atoms with Crippen molar-refractivity contribution in [3.63, 3.8) is 0 Å². The van der Waals surface area contributed by atoms with Gasteiger partial charge < -0.3 is 15.2 Å². The SMILES string of the molecule is CCN(CC)CCNC(=O)c1c(C)[nH]c(/C=C(\C#N)c2cccc(Cl)c2Cl)c1C. The summed E-state index contributed by atoms with van der Waals surface area (Å²) in [6, 6.07) is 7.34. The number of aromatic nitrogens is 1. The van der Waals surface area contributed by atoms with Gasteiger partial charge in [-0.05, 0) is 44.6 Å². The quantitative estimate of drug-likeness (QED) is 0.571. The summed E-state index contributed by atoms with van der Waals surface area (Å²) in [5.74, 6) is -0.123. The Balaban J connectivity index is 2.28. The van der Waals surface area contributed by atoms with E-state index in [9.17, 15) is 10.1 Å². The van der Waals surface area contributed by atoms with Gasteiger partial charge in [0.25, 0.3) is 5.91 Å². The Morgan fingerprint density at radius 3 is 2.59 bits per heavy atom. The zero-order valence-electron chi connectivity index (χ0n) is 17.2. The number of aromatic amines is 1. The van der Waals surface area contributed by atoms with E-state index in [0.717, 1.165) is 30.9 Å². The van der Waals surface area contributed by atoms with E-state index < -0.39 is 0 Å². The van der Waals surface area contributed by atoms with Crippen molar-refractivity contribution in [3.05, 3.63) is 56.3 Å². The molecule has 0 aliphatic heterocycles. The highest BCUT2D eigenvalue weighted by Crippen LogP contribution is 2.32. The molecule has 0 aliphatic carbocycles. The maximum Gasteiger partial charge on any atom is 0.253 e. The molecule has 2 rings (SSSR count). The van der Waals surface area contributed by atoms with Gasteiger partial charge in [-0.3, -0.25) is 4.79 Å². The fourth-order valence-corrected chi connectivity index (χ4v) is 3.64. The normalized spacial score (nSPS) is 11.6. The number of aryl methyl sites for hydroxylation is 1.